The summed E-state index contributed by atoms with van der Waals surface area (Å²) in [4.78, 5) is 38.1. The third-order valence-electron chi connectivity index (χ3n) is 12.2. The molecule has 0 aliphatic carbocycles. The maximum Gasteiger partial charge on any atom is 0.306 e. The van der Waals surface area contributed by atoms with E-state index in [2.05, 4.69) is 93.7 Å². The van der Waals surface area contributed by atoms with Crippen LogP contribution in [-0.4, -0.2) is 37.2 Å². The van der Waals surface area contributed by atoms with Gasteiger partial charge in [-0.3, -0.25) is 14.4 Å². The lowest BCUT2D eigenvalue weighted by Gasteiger charge is -2.18. The number of unbranched alkanes of at least 4 members (excludes halogenated alkanes) is 28. The van der Waals surface area contributed by atoms with Gasteiger partial charge in [-0.2, -0.15) is 0 Å². The van der Waals surface area contributed by atoms with E-state index < -0.39 is 6.10 Å². The molecule has 6 heteroatoms. The van der Waals surface area contributed by atoms with Gasteiger partial charge in [0.1, 0.15) is 13.2 Å². The van der Waals surface area contributed by atoms with Crippen molar-refractivity contribution in [3.8, 4) is 0 Å². The molecule has 6 nitrogen and oxygen atoms in total. The Hall–Kier alpha value is -3.15. The summed E-state index contributed by atoms with van der Waals surface area (Å²) < 4.78 is 16.8. The maximum atomic E-state index is 12.8. The van der Waals surface area contributed by atoms with Crippen molar-refractivity contribution in [1.29, 1.82) is 0 Å². The Bertz CT molecular complexity index is 1260. The van der Waals surface area contributed by atoms with Gasteiger partial charge in [0.2, 0.25) is 0 Å². The number of hydrogen-bond donors (Lipinski definition) is 0. The first-order valence-electron chi connectivity index (χ1n) is 28.4. The number of rotatable bonds is 51. The highest BCUT2D eigenvalue weighted by Gasteiger charge is 2.19. The van der Waals surface area contributed by atoms with Gasteiger partial charge in [-0.25, -0.2) is 0 Å². The van der Waals surface area contributed by atoms with Crippen LogP contribution in [0.3, 0.4) is 0 Å². The quantitative estimate of drug-likeness (QED) is 0.0262. The van der Waals surface area contributed by atoms with Gasteiger partial charge in [0.15, 0.2) is 6.10 Å². The minimum absolute atomic E-state index is 0.0983. The Morgan fingerprint density at radius 3 is 0.985 bits per heavy atom. The van der Waals surface area contributed by atoms with Gasteiger partial charge in [0, 0.05) is 19.3 Å². The molecule has 0 spiro atoms. The predicted molar refractivity (Wildman–Crippen MR) is 288 cm³/mol. The molecule has 0 aliphatic rings. The highest BCUT2D eigenvalue weighted by molar-refractivity contribution is 5.71. The number of esters is 3. The van der Waals surface area contributed by atoms with Gasteiger partial charge in [-0.15, -0.1) is 0 Å². The van der Waals surface area contributed by atoms with Gasteiger partial charge >= 0.3 is 17.9 Å². The Labute approximate surface area is 414 Å². The maximum absolute atomic E-state index is 12.8. The summed E-state index contributed by atoms with van der Waals surface area (Å²) >= 11 is 0. The molecule has 0 N–H and O–H groups in total. The molecule has 0 radical (unpaired) electrons. The SMILES string of the molecule is CC/C=C/C/C=C/C/C=C/C/C=C/C/C=C/CCCC(=O)O[C@H](COC(=O)CCCCCCC/C=C/CCCCCC)COC(=O)CCCCCCCCCCCCCCCCCCCCC. The summed E-state index contributed by atoms with van der Waals surface area (Å²) in [5, 5.41) is 0. The van der Waals surface area contributed by atoms with Crippen molar-refractivity contribution >= 4 is 17.9 Å². The molecule has 0 saturated heterocycles. The summed E-state index contributed by atoms with van der Waals surface area (Å²) in [6, 6.07) is 0. The number of hydrogen-bond acceptors (Lipinski definition) is 6. The van der Waals surface area contributed by atoms with E-state index in [1.54, 1.807) is 0 Å². The molecule has 0 saturated carbocycles. The van der Waals surface area contributed by atoms with Crippen LogP contribution in [0.4, 0.5) is 0 Å². The molecule has 0 aromatic rings. The van der Waals surface area contributed by atoms with Crippen LogP contribution in [0.5, 0.6) is 0 Å². The third-order valence-corrected chi connectivity index (χ3v) is 12.2. The van der Waals surface area contributed by atoms with Crippen molar-refractivity contribution in [3.05, 3.63) is 72.9 Å². The molecule has 0 aromatic carbocycles. The molecule has 386 valence electrons. The topological polar surface area (TPSA) is 78.9 Å². The molecule has 0 unspecified atom stereocenters. The van der Waals surface area contributed by atoms with Gasteiger partial charge in [-0.1, -0.05) is 248 Å². The van der Waals surface area contributed by atoms with E-state index in [1.807, 2.05) is 0 Å². The molecular formula is C61H106O6. The normalized spacial score (nSPS) is 12.6. The van der Waals surface area contributed by atoms with Crippen molar-refractivity contribution < 1.29 is 28.6 Å². The van der Waals surface area contributed by atoms with Gasteiger partial charge < -0.3 is 14.2 Å². The predicted octanol–water partition coefficient (Wildman–Crippen LogP) is 19.0. The first-order valence-corrected chi connectivity index (χ1v) is 28.4. The first-order chi connectivity index (χ1) is 33.0. The van der Waals surface area contributed by atoms with Crippen LogP contribution >= 0.6 is 0 Å². The number of ether oxygens (including phenoxy) is 3. The highest BCUT2D eigenvalue weighted by Crippen LogP contribution is 2.16. The lowest BCUT2D eigenvalue weighted by Crippen LogP contribution is -2.30. The second kappa shape index (κ2) is 55.4. The Kier molecular flexibility index (Phi) is 52.8. The lowest BCUT2D eigenvalue weighted by atomic mass is 10.0. The minimum atomic E-state index is -0.807. The van der Waals surface area contributed by atoms with E-state index >= 15 is 0 Å². The van der Waals surface area contributed by atoms with E-state index in [0.29, 0.717) is 19.3 Å². The number of carbonyl (C=O) groups is 3. The zero-order valence-corrected chi connectivity index (χ0v) is 44.2. The molecule has 0 aromatic heterocycles. The van der Waals surface area contributed by atoms with E-state index in [4.69, 9.17) is 14.2 Å². The van der Waals surface area contributed by atoms with Crippen LogP contribution in [0.1, 0.15) is 278 Å². The molecule has 0 heterocycles. The average Bonchev–Trinajstić information content (AvgIpc) is 3.33. The summed E-state index contributed by atoms with van der Waals surface area (Å²) in [7, 11) is 0. The fourth-order valence-corrected chi connectivity index (χ4v) is 7.94. The number of carbonyl (C=O) groups excluding carboxylic acids is 3. The summed E-state index contributed by atoms with van der Waals surface area (Å²) in [6.45, 7) is 6.48. The number of allylic oxidation sites excluding steroid dienone is 12. The third kappa shape index (κ3) is 53.7. The molecule has 0 rings (SSSR count). The van der Waals surface area contributed by atoms with Crippen LogP contribution in [0, 0.1) is 0 Å². The standard InChI is InChI=1S/C61H106O6/c1-4-7-10-13-16-19-22-25-27-29-30-32-33-36-39-42-45-48-51-54-60(63)66-57-58(56-65-59(62)53-50-47-44-41-38-35-24-21-18-15-12-9-6-3)67-61(64)55-52-49-46-43-40-37-34-31-28-26-23-20-17-14-11-8-5-2/h8,11,17,20-21,24,26,28,34,37,43,46,58H,4-7,9-10,12-16,18-19,22-23,25,27,29-33,35-36,38-42,44-45,47-57H2,1-3H3/b11-8+,20-17+,24-21+,28-26+,37-34+,46-43+/t58-/m1/s1. The summed E-state index contributed by atoms with van der Waals surface area (Å²) in [5.41, 5.74) is 0. The molecule has 67 heavy (non-hydrogen) atoms. The minimum Gasteiger partial charge on any atom is -0.462 e. The first kappa shape index (κ1) is 63.8. The molecule has 0 bridgehead atoms. The second-order valence-electron chi connectivity index (χ2n) is 18.8. The fourth-order valence-electron chi connectivity index (χ4n) is 7.94. The Morgan fingerprint density at radius 2 is 0.597 bits per heavy atom. The smallest absolute Gasteiger partial charge is 0.306 e. The van der Waals surface area contributed by atoms with Crippen molar-refractivity contribution in [2.75, 3.05) is 13.2 Å². The van der Waals surface area contributed by atoms with Crippen LogP contribution in [0.2, 0.25) is 0 Å². The van der Waals surface area contributed by atoms with E-state index in [9.17, 15) is 14.4 Å². The average molecular weight is 936 g/mol. The van der Waals surface area contributed by atoms with Crippen molar-refractivity contribution in [3.63, 3.8) is 0 Å². The molecular weight excluding hydrogens is 829 g/mol. The zero-order valence-electron chi connectivity index (χ0n) is 44.2. The molecule has 0 aliphatic heterocycles. The van der Waals surface area contributed by atoms with Gasteiger partial charge in [0.25, 0.3) is 0 Å². The molecule has 0 fully saturated rings. The van der Waals surface area contributed by atoms with Crippen LogP contribution < -0.4 is 0 Å². The molecule has 1 atom stereocenters. The summed E-state index contributed by atoms with van der Waals surface area (Å²) in [6.07, 6.45) is 70.4. The highest BCUT2D eigenvalue weighted by atomic mass is 16.6. The van der Waals surface area contributed by atoms with Crippen LogP contribution in [0.25, 0.3) is 0 Å². The van der Waals surface area contributed by atoms with Gasteiger partial charge in [-0.05, 0) is 83.5 Å². The van der Waals surface area contributed by atoms with E-state index in [1.165, 1.54) is 148 Å². The zero-order chi connectivity index (χ0) is 48.6. The lowest BCUT2D eigenvalue weighted by molar-refractivity contribution is -0.167. The van der Waals surface area contributed by atoms with E-state index in [0.717, 1.165) is 83.5 Å². The van der Waals surface area contributed by atoms with Crippen LogP contribution in [-0.2, 0) is 28.6 Å². The Morgan fingerprint density at radius 1 is 0.313 bits per heavy atom. The van der Waals surface area contributed by atoms with Crippen molar-refractivity contribution in [2.45, 2.75) is 284 Å². The van der Waals surface area contributed by atoms with Crippen LogP contribution in [0.15, 0.2) is 72.9 Å². The second-order valence-corrected chi connectivity index (χ2v) is 18.8. The van der Waals surface area contributed by atoms with Gasteiger partial charge in [0.05, 0.1) is 0 Å². The Balaban J connectivity index is 4.42. The van der Waals surface area contributed by atoms with Crippen molar-refractivity contribution in [2.24, 2.45) is 0 Å². The van der Waals surface area contributed by atoms with E-state index in [-0.39, 0.29) is 37.5 Å². The fraction of sp³-hybridized carbons (Fsp3) is 0.754. The largest absolute Gasteiger partial charge is 0.462 e. The summed E-state index contributed by atoms with van der Waals surface area (Å²) in [5.74, 6) is -0.958. The monoisotopic (exact) mass is 935 g/mol. The molecule has 0 amide bonds. The van der Waals surface area contributed by atoms with Crippen molar-refractivity contribution in [1.82, 2.24) is 0 Å².